The highest BCUT2D eigenvalue weighted by molar-refractivity contribution is 7.91. The third kappa shape index (κ3) is 3.39. The van der Waals surface area contributed by atoms with Gasteiger partial charge in [-0.2, -0.15) is 4.98 Å². The van der Waals surface area contributed by atoms with Gasteiger partial charge >= 0.3 is 0 Å². The molecule has 2 aliphatic heterocycles. The van der Waals surface area contributed by atoms with Crippen LogP contribution >= 0.6 is 0 Å². The number of nitrogens with zero attached hydrogens (tertiary/aromatic N) is 5. The van der Waals surface area contributed by atoms with Gasteiger partial charge < -0.3 is 19.7 Å². The molecule has 3 aromatic rings. The average molecular weight is 477 g/mol. The largest absolute Gasteiger partial charge is 0.486 e. The molecule has 0 aliphatic carbocycles. The lowest BCUT2D eigenvalue weighted by atomic mass is 10.1. The molecule has 10 nitrogen and oxygen atoms in total. The zero-order valence-corrected chi connectivity index (χ0v) is 19.6. The first kappa shape index (κ1) is 21.8. The number of nitrogens with one attached hydrogen (secondary N) is 1. The second-order valence-electron chi connectivity index (χ2n) is 8.69. The van der Waals surface area contributed by atoms with Crippen LogP contribution in [0.1, 0.15) is 19.5 Å². The molecule has 0 radical (unpaired) electrons. The molecule has 0 amide bonds. The van der Waals surface area contributed by atoms with Gasteiger partial charge in [0.05, 0.1) is 30.3 Å². The maximum absolute atomic E-state index is 13.8. The van der Waals surface area contributed by atoms with E-state index in [1.807, 2.05) is 0 Å². The molecule has 1 aromatic carbocycles. The van der Waals surface area contributed by atoms with Crippen molar-refractivity contribution < 1.29 is 22.3 Å². The van der Waals surface area contributed by atoms with E-state index in [9.17, 15) is 12.8 Å². The first-order valence-electron chi connectivity index (χ1n) is 10.6. The summed E-state index contributed by atoms with van der Waals surface area (Å²) in [6.45, 7) is 5.14. The summed E-state index contributed by atoms with van der Waals surface area (Å²) in [5, 5.41) is 2.99. The van der Waals surface area contributed by atoms with E-state index in [0.717, 1.165) is 0 Å². The Labute approximate surface area is 190 Å². The third-order valence-corrected chi connectivity index (χ3v) is 8.34. The Balaban J connectivity index is 1.82. The van der Waals surface area contributed by atoms with Gasteiger partial charge in [0.25, 0.3) is 0 Å². The number of ether oxygens (including phenoxy) is 2. The average Bonchev–Trinajstić information content (AvgIpc) is 3.15. The standard InChI is InChI=1S/C21H25FN6O4S/c1-21(2,33(4,29)30)17-16-18(27-7-8-31-10-13(27)11-32-16)26-20(25-17)28-15-6-5-12(22)9-14(15)24-19(28)23-3/h5-6,9,13H,7-8,10-11H2,1-4H3,(H,23,24). The smallest absolute Gasteiger partial charge is 0.239 e. The molecule has 2 aliphatic rings. The normalized spacial score (nSPS) is 18.6. The highest BCUT2D eigenvalue weighted by atomic mass is 32.2. The number of morpholine rings is 1. The van der Waals surface area contributed by atoms with E-state index in [1.165, 1.54) is 18.4 Å². The van der Waals surface area contributed by atoms with Gasteiger partial charge in [0.2, 0.25) is 11.9 Å². The molecule has 1 N–H and O–H groups in total. The maximum atomic E-state index is 13.8. The van der Waals surface area contributed by atoms with Crippen LogP contribution in [0.15, 0.2) is 18.2 Å². The first-order valence-corrected chi connectivity index (χ1v) is 12.5. The molecular weight excluding hydrogens is 451 g/mol. The summed E-state index contributed by atoms with van der Waals surface area (Å²) in [7, 11) is -1.88. The van der Waals surface area contributed by atoms with E-state index in [2.05, 4.69) is 15.2 Å². The van der Waals surface area contributed by atoms with Gasteiger partial charge in [0.1, 0.15) is 22.9 Å². The van der Waals surface area contributed by atoms with Crippen molar-refractivity contribution in [3.63, 3.8) is 0 Å². The molecule has 12 heteroatoms. The molecule has 1 atom stereocenters. The van der Waals surface area contributed by atoms with Gasteiger partial charge in [-0.1, -0.05) is 0 Å². The topological polar surface area (TPSA) is 111 Å². The van der Waals surface area contributed by atoms with Crippen LogP contribution in [0.25, 0.3) is 17.0 Å². The quantitative estimate of drug-likeness (QED) is 0.603. The zero-order chi connectivity index (χ0) is 23.5. The predicted octanol–water partition coefficient (Wildman–Crippen LogP) is 1.87. The van der Waals surface area contributed by atoms with E-state index in [0.29, 0.717) is 54.9 Å². The number of hydrogen-bond donors (Lipinski definition) is 1. The molecule has 2 aromatic heterocycles. The third-order valence-electron chi connectivity index (χ3n) is 6.29. The number of sulfone groups is 1. The van der Waals surface area contributed by atoms with Crippen molar-refractivity contribution in [2.24, 2.45) is 0 Å². The van der Waals surface area contributed by atoms with Crippen molar-refractivity contribution in [3.8, 4) is 11.7 Å². The van der Waals surface area contributed by atoms with Crippen molar-refractivity contribution in [1.82, 2.24) is 19.5 Å². The second kappa shape index (κ2) is 7.52. The Hall–Kier alpha value is -2.99. The lowest BCUT2D eigenvalue weighted by Gasteiger charge is -2.41. The van der Waals surface area contributed by atoms with Crippen molar-refractivity contribution in [3.05, 3.63) is 29.7 Å². The minimum absolute atomic E-state index is 0.0411. The fourth-order valence-corrected chi connectivity index (χ4v) is 4.60. The van der Waals surface area contributed by atoms with Gasteiger partial charge in [-0.3, -0.25) is 0 Å². The fourth-order valence-electron chi connectivity index (χ4n) is 4.11. The van der Waals surface area contributed by atoms with E-state index >= 15 is 0 Å². The van der Waals surface area contributed by atoms with Crippen molar-refractivity contribution in [1.29, 1.82) is 0 Å². The van der Waals surface area contributed by atoms with Gasteiger partial charge in [-0.15, -0.1) is 0 Å². The van der Waals surface area contributed by atoms with E-state index < -0.39 is 20.4 Å². The Morgan fingerprint density at radius 2 is 2.00 bits per heavy atom. The van der Waals surface area contributed by atoms with Crippen LogP contribution in [0, 0.1) is 5.82 Å². The highest BCUT2D eigenvalue weighted by Gasteiger charge is 2.42. The van der Waals surface area contributed by atoms with Crippen LogP contribution in [-0.4, -0.2) is 73.6 Å². The van der Waals surface area contributed by atoms with Crippen molar-refractivity contribution in [2.45, 2.75) is 24.6 Å². The molecule has 5 rings (SSSR count). The summed E-state index contributed by atoms with van der Waals surface area (Å²) in [5.41, 5.74) is 1.27. The molecule has 1 saturated heterocycles. The Morgan fingerprint density at radius 1 is 1.21 bits per heavy atom. The fraction of sp³-hybridized carbons (Fsp3) is 0.476. The SMILES string of the molecule is CNc1nc2cc(F)ccc2n1-c1nc2c(c(C(C)(C)S(C)(=O)=O)n1)OCC1COCCN21. The summed E-state index contributed by atoms with van der Waals surface area (Å²) in [6, 6.07) is 4.21. The van der Waals surface area contributed by atoms with Crippen molar-refractivity contribution >= 4 is 32.6 Å². The molecule has 1 unspecified atom stereocenters. The minimum Gasteiger partial charge on any atom is -0.486 e. The molecule has 176 valence electrons. The summed E-state index contributed by atoms with van der Waals surface area (Å²) in [4.78, 5) is 16.0. The van der Waals surface area contributed by atoms with Crippen LogP contribution in [0.3, 0.4) is 0 Å². The van der Waals surface area contributed by atoms with Crippen LogP contribution in [0.2, 0.25) is 0 Å². The number of aromatic nitrogens is 4. The van der Waals surface area contributed by atoms with Crippen LogP contribution in [0.5, 0.6) is 5.75 Å². The van der Waals surface area contributed by atoms with E-state index in [4.69, 9.17) is 19.4 Å². The maximum Gasteiger partial charge on any atom is 0.239 e. The molecule has 0 spiro atoms. The van der Waals surface area contributed by atoms with Crippen LogP contribution in [0.4, 0.5) is 16.2 Å². The Bertz CT molecular complexity index is 1360. The number of fused-ring (bicyclic) bond motifs is 4. The lowest BCUT2D eigenvalue weighted by Crippen LogP contribution is -2.52. The summed E-state index contributed by atoms with van der Waals surface area (Å²) in [6.07, 6.45) is 1.18. The summed E-state index contributed by atoms with van der Waals surface area (Å²) < 4.78 is 51.3. The number of halogens is 1. The van der Waals surface area contributed by atoms with Crippen LogP contribution < -0.4 is 15.0 Å². The Kier molecular flexibility index (Phi) is 4.98. The van der Waals surface area contributed by atoms with Crippen LogP contribution in [-0.2, 0) is 19.3 Å². The number of imidazole rings is 1. The predicted molar refractivity (Wildman–Crippen MR) is 121 cm³/mol. The summed E-state index contributed by atoms with van der Waals surface area (Å²) >= 11 is 0. The zero-order valence-electron chi connectivity index (χ0n) is 18.8. The number of rotatable bonds is 4. The number of hydrogen-bond acceptors (Lipinski definition) is 9. The summed E-state index contributed by atoms with van der Waals surface area (Å²) in [5.74, 6) is 1.07. The number of anilines is 2. The Morgan fingerprint density at radius 3 is 2.73 bits per heavy atom. The van der Waals surface area contributed by atoms with Gasteiger partial charge in [-0.25, -0.2) is 27.3 Å². The monoisotopic (exact) mass is 476 g/mol. The molecular formula is C21H25FN6O4S. The minimum atomic E-state index is -3.57. The van der Waals surface area contributed by atoms with Crippen molar-refractivity contribution in [2.75, 3.05) is 49.9 Å². The lowest BCUT2D eigenvalue weighted by molar-refractivity contribution is 0.0691. The van der Waals surface area contributed by atoms with Gasteiger partial charge in [0.15, 0.2) is 21.4 Å². The molecule has 1 fully saturated rings. The van der Waals surface area contributed by atoms with Gasteiger partial charge in [-0.05, 0) is 26.0 Å². The van der Waals surface area contributed by atoms with Gasteiger partial charge in [0, 0.05) is 25.9 Å². The number of benzene rings is 1. The first-order chi connectivity index (χ1) is 15.6. The van der Waals surface area contributed by atoms with E-state index in [-0.39, 0.29) is 17.7 Å². The molecule has 33 heavy (non-hydrogen) atoms. The molecule has 0 bridgehead atoms. The van der Waals surface area contributed by atoms with E-state index in [1.54, 1.807) is 31.5 Å². The second-order valence-corrected chi connectivity index (χ2v) is 11.3. The molecule has 4 heterocycles. The highest BCUT2D eigenvalue weighted by Crippen LogP contribution is 2.43. The molecule has 0 saturated carbocycles.